The summed E-state index contributed by atoms with van der Waals surface area (Å²) in [6.45, 7) is 0.186. The fourth-order valence-corrected chi connectivity index (χ4v) is 1.99. The predicted molar refractivity (Wildman–Crippen MR) is 75.6 cm³/mol. The van der Waals surface area contributed by atoms with Gasteiger partial charge in [-0.25, -0.2) is 9.97 Å². The summed E-state index contributed by atoms with van der Waals surface area (Å²) >= 11 is 0. The number of anilines is 1. The molecule has 1 aromatic carbocycles. The fourth-order valence-electron chi connectivity index (χ4n) is 1.99. The Bertz CT molecular complexity index is 751. The molecule has 6 heteroatoms. The minimum Gasteiger partial charge on any atom is -0.362 e. The summed E-state index contributed by atoms with van der Waals surface area (Å²) in [7, 11) is 1.81. The van der Waals surface area contributed by atoms with Crippen LogP contribution in [0.5, 0.6) is 0 Å². The summed E-state index contributed by atoms with van der Waals surface area (Å²) in [5, 5.41) is 7.98. The molecule has 0 amide bonds. The molecule has 2 aromatic heterocycles. The maximum Gasteiger partial charge on any atom is 0.181 e. The van der Waals surface area contributed by atoms with Gasteiger partial charge in [-0.1, -0.05) is 30.3 Å². The Morgan fingerprint density at radius 2 is 2.05 bits per heavy atom. The van der Waals surface area contributed by atoms with Gasteiger partial charge in [0.2, 0.25) is 0 Å². The molecule has 0 saturated heterocycles. The first-order valence-electron chi connectivity index (χ1n) is 6.20. The van der Waals surface area contributed by atoms with Gasteiger partial charge in [0.1, 0.15) is 12.1 Å². The van der Waals surface area contributed by atoms with Crippen LogP contribution in [0.4, 0.5) is 5.82 Å². The normalized spacial score (nSPS) is 10.7. The third-order valence-corrected chi connectivity index (χ3v) is 3.04. The molecule has 0 radical (unpaired) electrons. The van der Waals surface area contributed by atoms with Crippen molar-refractivity contribution in [1.29, 1.82) is 0 Å². The highest BCUT2D eigenvalue weighted by Crippen LogP contribution is 2.17. The van der Waals surface area contributed by atoms with Crippen molar-refractivity contribution in [2.45, 2.75) is 0 Å². The lowest BCUT2D eigenvalue weighted by atomic mass is 10.1. The summed E-state index contributed by atoms with van der Waals surface area (Å²) in [4.78, 5) is 20.3. The van der Waals surface area contributed by atoms with Gasteiger partial charge < -0.3 is 5.32 Å². The summed E-state index contributed by atoms with van der Waals surface area (Å²) in [6, 6.07) is 9.16. The number of carbonyl (C=O) groups excluding carboxylic acids is 1. The van der Waals surface area contributed by atoms with Crippen LogP contribution in [0.2, 0.25) is 0 Å². The Hall–Kier alpha value is -2.76. The molecular formula is C14H13N5O. The minimum absolute atomic E-state index is 0.0150. The zero-order valence-electron chi connectivity index (χ0n) is 10.9. The average molecular weight is 267 g/mol. The van der Waals surface area contributed by atoms with Crippen LogP contribution in [0.3, 0.4) is 0 Å². The number of nitrogens with zero attached hydrogens (tertiary/aromatic N) is 4. The highest BCUT2D eigenvalue weighted by molar-refractivity contribution is 5.99. The van der Waals surface area contributed by atoms with E-state index in [4.69, 9.17) is 0 Å². The van der Waals surface area contributed by atoms with E-state index < -0.39 is 0 Å². The van der Waals surface area contributed by atoms with Crippen molar-refractivity contribution in [1.82, 2.24) is 19.7 Å². The maximum absolute atomic E-state index is 12.0. The molecular weight excluding hydrogens is 254 g/mol. The van der Waals surface area contributed by atoms with Crippen molar-refractivity contribution in [3.8, 4) is 0 Å². The smallest absolute Gasteiger partial charge is 0.181 e. The maximum atomic E-state index is 12.0. The highest BCUT2D eigenvalue weighted by atomic mass is 16.1. The molecule has 6 nitrogen and oxygen atoms in total. The molecule has 0 aliphatic rings. The second-order valence-corrected chi connectivity index (χ2v) is 4.37. The third kappa shape index (κ3) is 2.23. The largest absolute Gasteiger partial charge is 0.362 e. The van der Waals surface area contributed by atoms with Crippen molar-refractivity contribution in [3.63, 3.8) is 0 Å². The zero-order valence-corrected chi connectivity index (χ0v) is 10.9. The number of nitrogens with one attached hydrogen (secondary N) is 1. The molecule has 0 spiro atoms. The van der Waals surface area contributed by atoms with E-state index in [2.05, 4.69) is 20.4 Å². The van der Waals surface area contributed by atoms with Crippen LogP contribution in [0, 0.1) is 0 Å². The van der Waals surface area contributed by atoms with E-state index in [-0.39, 0.29) is 12.3 Å². The molecule has 0 fully saturated rings. The fraction of sp³-hybridized carbons (Fsp3) is 0.143. The lowest BCUT2D eigenvalue weighted by molar-refractivity contribution is 0.101. The Balaban J connectivity index is 1.79. The summed E-state index contributed by atoms with van der Waals surface area (Å²) in [5.74, 6) is 0.633. The van der Waals surface area contributed by atoms with Crippen LogP contribution >= 0.6 is 0 Å². The van der Waals surface area contributed by atoms with E-state index in [9.17, 15) is 4.79 Å². The predicted octanol–water partition coefficient (Wildman–Crippen LogP) is 1.66. The number of benzene rings is 1. The Kier molecular flexibility index (Phi) is 3.12. The second-order valence-electron chi connectivity index (χ2n) is 4.37. The van der Waals surface area contributed by atoms with Crippen LogP contribution in [0.1, 0.15) is 10.4 Å². The summed E-state index contributed by atoms with van der Waals surface area (Å²) in [6.07, 6.45) is 3.14. The zero-order chi connectivity index (χ0) is 13.9. The molecule has 0 saturated carbocycles. The number of aryl methyl sites for hydroxylation is 1. The standard InChI is InChI=1S/C14H13N5O/c1-19-14-11(7-18-19)13(16-9-17-14)15-8-12(20)10-5-3-2-4-6-10/h2-7,9H,8H2,1H3,(H,15,16,17). The number of rotatable bonds is 4. The minimum atomic E-state index is 0.0150. The number of fused-ring (bicyclic) bond motifs is 1. The van der Waals surface area contributed by atoms with E-state index in [1.807, 2.05) is 25.2 Å². The number of hydrogen-bond acceptors (Lipinski definition) is 5. The quantitative estimate of drug-likeness (QED) is 0.728. The van der Waals surface area contributed by atoms with Crippen LogP contribution < -0.4 is 5.32 Å². The van der Waals surface area contributed by atoms with E-state index in [0.29, 0.717) is 11.4 Å². The van der Waals surface area contributed by atoms with Gasteiger partial charge in [-0.05, 0) is 0 Å². The molecule has 0 unspecified atom stereocenters. The molecule has 0 aliphatic heterocycles. The highest BCUT2D eigenvalue weighted by Gasteiger charge is 2.09. The van der Waals surface area contributed by atoms with Gasteiger partial charge >= 0.3 is 0 Å². The van der Waals surface area contributed by atoms with Crippen LogP contribution in [0.25, 0.3) is 11.0 Å². The Morgan fingerprint density at radius 1 is 1.25 bits per heavy atom. The van der Waals surface area contributed by atoms with E-state index in [1.165, 1.54) is 6.33 Å². The van der Waals surface area contributed by atoms with Crippen molar-refractivity contribution in [2.75, 3.05) is 11.9 Å². The molecule has 0 bridgehead atoms. The van der Waals surface area contributed by atoms with E-state index in [0.717, 1.165) is 11.0 Å². The van der Waals surface area contributed by atoms with E-state index in [1.54, 1.807) is 23.0 Å². The lowest BCUT2D eigenvalue weighted by Gasteiger charge is -2.05. The first-order chi connectivity index (χ1) is 9.75. The van der Waals surface area contributed by atoms with Gasteiger partial charge in [-0.2, -0.15) is 5.10 Å². The van der Waals surface area contributed by atoms with Gasteiger partial charge in [0.15, 0.2) is 11.4 Å². The Labute approximate surface area is 115 Å². The molecule has 1 N–H and O–H groups in total. The summed E-state index contributed by atoms with van der Waals surface area (Å²) < 4.78 is 1.67. The van der Waals surface area contributed by atoms with Gasteiger partial charge in [-0.15, -0.1) is 0 Å². The van der Waals surface area contributed by atoms with Crippen molar-refractivity contribution < 1.29 is 4.79 Å². The van der Waals surface area contributed by atoms with Crippen LogP contribution in [-0.2, 0) is 7.05 Å². The second kappa shape index (κ2) is 5.08. The number of carbonyl (C=O) groups is 1. The number of aromatic nitrogens is 4. The number of hydrogen-bond donors (Lipinski definition) is 1. The summed E-state index contributed by atoms with van der Waals surface area (Å²) in [5.41, 5.74) is 1.41. The Morgan fingerprint density at radius 3 is 2.85 bits per heavy atom. The molecule has 3 aromatic rings. The van der Waals surface area contributed by atoms with Crippen LogP contribution in [0.15, 0.2) is 42.9 Å². The third-order valence-electron chi connectivity index (χ3n) is 3.04. The molecule has 100 valence electrons. The molecule has 3 rings (SSSR count). The molecule has 0 aliphatic carbocycles. The van der Waals surface area contributed by atoms with Crippen molar-refractivity contribution >= 4 is 22.6 Å². The first kappa shape index (κ1) is 12.3. The molecule has 20 heavy (non-hydrogen) atoms. The number of ketones is 1. The first-order valence-corrected chi connectivity index (χ1v) is 6.20. The molecule has 0 atom stereocenters. The lowest BCUT2D eigenvalue weighted by Crippen LogP contribution is -2.14. The monoisotopic (exact) mass is 267 g/mol. The average Bonchev–Trinajstić information content (AvgIpc) is 2.88. The van der Waals surface area contributed by atoms with Crippen molar-refractivity contribution in [2.24, 2.45) is 7.05 Å². The van der Waals surface area contributed by atoms with Gasteiger partial charge in [0.25, 0.3) is 0 Å². The van der Waals surface area contributed by atoms with Gasteiger partial charge in [-0.3, -0.25) is 9.48 Å². The molecule has 2 heterocycles. The number of Topliss-reactive ketones (excluding diaryl/α,β-unsaturated/α-hetero) is 1. The van der Waals surface area contributed by atoms with Gasteiger partial charge in [0.05, 0.1) is 18.1 Å². The SMILES string of the molecule is Cn1ncc2c(NCC(=O)c3ccccc3)ncnc21. The van der Waals surface area contributed by atoms with E-state index >= 15 is 0 Å². The van der Waals surface area contributed by atoms with Crippen molar-refractivity contribution in [3.05, 3.63) is 48.4 Å². The van der Waals surface area contributed by atoms with Crippen LogP contribution in [-0.4, -0.2) is 32.1 Å². The topological polar surface area (TPSA) is 72.7 Å². The van der Waals surface area contributed by atoms with Gasteiger partial charge in [0, 0.05) is 12.6 Å².